The lowest BCUT2D eigenvalue weighted by Crippen LogP contribution is -2.28. The molecule has 1 nitrogen and oxygen atoms in total. The summed E-state index contributed by atoms with van der Waals surface area (Å²) in [6, 6.07) is 70.9. The highest BCUT2D eigenvalue weighted by Gasteiger charge is 2.48. The van der Waals surface area contributed by atoms with Gasteiger partial charge < -0.3 is 4.42 Å². The lowest BCUT2D eigenvalue weighted by atomic mass is 9.67. The first-order valence-corrected chi connectivity index (χ1v) is 22.6. The molecule has 0 fully saturated rings. The highest BCUT2D eigenvalue weighted by Crippen LogP contribution is 2.61. The van der Waals surface area contributed by atoms with Crippen LogP contribution in [0.2, 0.25) is 0 Å². The fourth-order valence-electron chi connectivity index (χ4n) is 12.5. The molecular formula is C63H38O. The molecule has 0 amide bonds. The first kappa shape index (κ1) is 34.6. The van der Waals surface area contributed by atoms with Gasteiger partial charge >= 0.3 is 0 Å². The minimum Gasteiger partial charge on any atom is -0.455 e. The number of para-hydroxylation sites is 1. The third-order valence-electron chi connectivity index (χ3n) is 15.1. The molecule has 296 valence electrons. The minimum absolute atomic E-state index is 0.657. The van der Waals surface area contributed by atoms with E-state index in [0.717, 1.165) is 34.8 Å². The summed E-state index contributed by atoms with van der Waals surface area (Å²) in [6.45, 7) is 0. The van der Waals surface area contributed by atoms with Gasteiger partial charge in [0.2, 0.25) is 0 Å². The van der Waals surface area contributed by atoms with Crippen LogP contribution in [0, 0.1) is 0 Å². The fourth-order valence-corrected chi connectivity index (χ4v) is 12.5. The molecule has 3 aliphatic carbocycles. The SMILES string of the molecule is C1=Cc2ccc3c(-c4ccc5c(c4)C(c4ccccc4)(c4ccccc4)c4cc(-c6ccc7ccc8cccc9ccc6c7c89)c6c(oc7ccccc76)c4-5)ccc4c3c2C(=CC4)C1. The second kappa shape index (κ2) is 12.6. The van der Waals surface area contributed by atoms with E-state index in [1.54, 1.807) is 0 Å². The van der Waals surface area contributed by atoms with Crippen LogP contribution in [0.25, 0.3) is 110 Å². The van der Waals surface area contributed by atoms with Crippen LogP contribution in [0.1, 0.15) is 45.4 Å². The first-order chi connectivity index (χ1) is 31.7. The second-order valence-electron chi connectivity index (χ2n) is 18.1. The zero-order valence-electron chi connectivity index (χ0n) is 35.0. The summed E-state index contributed by atoms with van der Waals surface area (Å²) >= 11 is 0. The highest BCUT2D eigenvalue weighted by molar-refractivity contribution is 6.28. The average molecular weight is 811 g/mol. The predicted molar refractivity (Wildman–Crippen MR) is 268 cm³/mol. The standard InChI is InChI=1S/C63H38O/c1-3-15-44(16-4-1)63(45-17-5-2-6-18-45)53-35-43(46-30-25-41-23-21-37-11-9-13-39-27-32-48(46)58(41)56(37)39)29-34-50(53)61-54(63)36-52(60-51-19-7-8-20-55(51)64-62(60)61)47-31-26-42-24-22-38-12-10-14-40-28-33-49(47)59(42)57(38)40/h1-10,12-22,24-36H,11,23H2. The van der Waals surface area contributed by atoms with Gasteiger partial charge in [0.25, 0.3) is 0 Å². The molecule has 3 aliphatic rings. The fraction of sp³-hybridized carbons (Fsp3) is 0.0476. The van der Waals surface area contributed by atoms with Crippen molar-refractivity contribution in [2.45, 2.75) is 18.3 Å². The number of furan rings is 1. The van der Waals surface area contributed by atoms with Gasteiger partial charge in [-0.15, -0.1) is 0 Å². The molecule has 12 aromatic rings. The molecule has 0 atom stereocenters. The molecule has 0 N–H and O–H groups in total. The van der Waals surface area contributed by atoms with E-state index in [4.69, 9.17) is 4.42 Å². The van der Waals surface area contributed by atoms with Crippen molar-refractivity contribution in [2.24, 2.45) is 0 Å². The summed E-state index contributed by atoms with van der Waals surface area (Å²) < 4.78 is 7.25. The van der Waals surface area contributed by atoms with Gasteiger partial charge in [-0.25, -0.2) is 0 Å². The number of fused-ring (bicyclic) bond motifs is 7. The van der Waals surface area contributed by atoms with Crippen LogP contribution in [-0.2, 0) is 11.8 Å². The molecule has 1 aromatic heterocycles. The number of benzene rings is 11. The van der Waals surface area contributed by atoms with Crippen LogP contribution in [0.3, 0.4) is 0 Å². The van der Waals surface area contributed by atoms with E-state index in [0.29, 0.717) is 0 Å². The summed E-state index contributed by atoms with van der Waals surface area (Å²) in [4.78, 5) is 0. The second-order valence-corrected chi connectivity index (χ2v) is 18.1. The van der Waals surface area contributed by atoms with Crippen LogP contribution in [0.4, 0.5) is 0 Å². The van der Waals surface area contributed by atoms with Crippen LogP contribution in [-0.4, -0.2) is 0 Å². The number of hydrogen-bond acceptors (Lipinski definition) is 1. The van der Waals surface area contributed by atoms with Crippen LogP contribution in [0.5, 0.6) is 0 Å². The quantitative estimate of drug-likeness (QED) is 0.161. The Kier molecular flexibility index (Phi) is 6.78. The van der Waals surface area contributed by atoms with E-state index >= 15 is 0 Å². The lowest BCUT2D eigenvalue weighted by molar-refractivity contribution is 0.669. The number of rotatable bonds is 4. The van der Waals surface area contributed by atoms with Crippen LogP contribution >= 0.6 is 0 Å². The van der Waals surface area contributed by atoms with Gasteiger partial charge in [0.15, 0.2) is 0 Å². The Labute approximate surface area is 370 Å². The van der Waals surface area contributed by atoms with Crippen molar-refractivity contribution in [3.05, 3.63) is 239 Å². The normalized spacial score (nSPS) is 14.6. The summed E-state index contributed by atoms with van der Waals surface area (Å²) in [5.41, 5.74) is 19.1. The Morgan fingerprint density at radius 2 is 1.11 bits per heavy atom. The molecule has 64 heavy (non-hydrogen) atoms. The van der Waals surface area contributed by atoms with E-state index in [1.807, 2.05) is 0 Å². The maximum absolute atomic E-state index is 7.25. The van der Waals surface area contributed by atoms with E-state index in [-0.39, 0.29) is 0 Å². The predicted octanol–water partition coefficient (Wildman–Crippen LogP) is 16.7. The van der Waals surface area contributed by atoms with E-state index < -0.39 is 5.41 Å². The van der Waals surface area contributed by atoms with E-state index in [9.17, 15) is 0 Å². The summed E-state index contributed by atoms with van der Waals surface area (Å²) in [7, 11) is 0. The van der Waals surface area contributed by atoms with Gasteiger partial charge in [-0.1, -0.05) is 188 Å². The Morgan fingerprint density at radius 1 is 0.422 bits per heavy atom. The molecule has 11 aromatic carbocycles. The monoisotopic (exact) mass is 810 g/mol. The maximum atomic E-state index is 7.25. The largest absolute Gasteiger partial charge is 0.455 e. The molecule has 0 radical (unpaired) electrons. The highest BCUT2D eigenvalue weighted by atomic mass is 16.3. The van der Waals surface area contributed by atoms with Crippen molar-refractivity contribution in [2.75, 3.05) is 0 Å². The smallest absolute Gasteiger partial charge is 0.144 e. The van der Waals surface area contributed by atoms with Crippen molar-refractivity contribution >= 4 is 76.7 Å². The Balaban J connectivity index is 1.08. The van der Waals surface area contributed by atoms with Crippen molar-refractivity contribution in [3.8, 4) is 33.4 Å². The average Bonchev–Trinajstić information content (AvgIpc) is 3.89. The van der Waals surface area contributed by atoms with Crippen LogP contribution in [0.15, 0.2) is 205 Å². The van der Waals surface area contributed by atoms with Gasteiger partial charge in [-0.3, -0.25) is 0 Å². The number of allylic oxidation sites excluding steroid dienone is 3. The Morgan fingerprint density at radius 3 is 1.94 bits per heavy atom. The molecule has 0 saturated heterocycles. The minimum atomic E-state index is -0.657. The molecule has 0 saturated carbocycles. The van der Waals surface area contributed by atoms with Gasteiger partial charge in [0, 0.05) is 16.3 Å². The van der Waals surface area contributed by atoms with Gasteiger partial charge in [0.1, 0.15) is 11.2 Å². The summed E-state index contributed by atoms with van der Waals surface area (Å²) in [5.74, 6) is 0. The Hall–Kier alpha value is -8.00. The molecule has 15 rings (SSSR count). The molecule has 0 aliphatic heterocycles. The van der Waals surface area contributed by atoms with Crippen molar-refractivity contribution in [1.82, 2.24) is 0 Å². The third kappa shape index (κ3) is 4.38. The van der Waals surface area contributed by atoms with E-state index in [2.05, 4.69) is 206 Å². The van der Waals surface area contributed by atoms with Gasteiger partial charge in [-0.2, -0.15) is 0 Å². The van der Waals surface area contributed by atoms with Crippen molar-refractivity contribution in [1.29, 1.82) is 0 Å². The molecule has 0 unspecified atom stereocenters. The third-order valence-corrected chi connectivity index (χ3v) is 15.1. The number of hydrogen-bond donors (Lipinski definition) is 0. The molecule has 1 heteroatoms. The zero-order chi connectivity index (χ0) is 41.7. The Bertz CT molecular complexity index is 3990. The van der Waals surface area contributed by atoms with Crippen molar-refractivity contribution < 1.29 is 4.42 Å². The van der Waals surface area contributed by atoms with Crippen LogP contribution < -0.4 is 0 Å². The maximum Gasteiger partial charge on any atom is 0.144 e. The summed E-state index contributed by atoms with van der Waals surface area (Å²) in [5, 5.41) is 12.7. The molecule has 0 bridgehead atoms. The van der Waals surface area contributed by atoms with E-state index in [1.165, 1.54) is 121 Å². The first-order valence-electron chi connectivity index (χ1n) is 22.6. The van der Waals surface area contributed by atoms with Gasteiger partial charge in [-0.05, 0) is 146 Å². The van der Waals surface area contributed by atoms with Gasteiger partial charge in [0.05, 0.1) is 5.41 Å². The summed E-state index contributed by atoms with van der Waals surface area (Å²) in [6.07, 6.45) is 9.04. The lowest BCUT2D eigenvalue weighted by Gasteiger charge is -2.34. The van der Waals surface area contributed by atoms with Crippen molar-refractivity contribution in [3.63, 3.8) is 0 Å². The zero-order valence-corrected chi connectivity index (χ0v) is 35.0. The molecule has 0 spiro atoms. The molecule has 1 heterocycles. The topological polar surface area (TPSA) is 13.1 Å². The molecular weight excluding hydrogens is 773 g/mol.